The SMILES string of the molecule is NCC1(C(=O)Nc2ccccc2CC(=O)O)CCCCC1. The van der Waals surface area contributed by atoms with Gasteiger partial charge in [0.1, 0.15) is 0 Å². The molecule has 4 N–H and O–H groups in total. The molecule has 1 aromatic carbocycles. The standard InChI is InChI=1S/C16H22N2O3/c17-11-16(8-4-1-5-9-16)15(21)18-13-7-3-2-6-12(13)10-14(19)20/h2-3,6-7H,1,4-5,8-11,17H2,(H,18,21)(H,19,20). The topological polar surface area (TPSA) is 92.4 Å². The van der Waals surface area contributed by atoms with Crippen LogP contribution in [0.25, 0.3) is 0 Å². The Morgan fingerprint density at radius 3 is 2.48 bits per heavy atom. The molecule has 1 aromatic rings. The zero-order chi connectivity index (χ0) is 15.3. The molecule has 0 aliphatic heterocycles. The van der Waals surface area contributed by atoms with E-state index in [2.05, 4.69) is 5.32 Å². The molecule has 0 atom stereocenters. The average molecular weight is 290 g/mol. The Morgan fingerprint density at radius 2 is 1.86 bits per heavy atom. The molecular formula is C16H22N2O3. The molecule has 0 bridgehead atoms. The monoisotopic (exact) mass is 290 g/mol. The molecular weight excluding hydrogens is 268 g/mol. The lowest BCUT2D eigenvalue weighted by Gasteiger charge is -2.34. The van der Waals surface area contributed by atoms with Gasteiger partial charge in [-0.25, -0.2) is 0 Å². The quantitative estimate of drug-likeness (QED) is 0.774. The first-order chi connectivity index (χ1) is 10.1. The summed E-state index contributed by atoms with van der Waals surface area (Å²) >= 11 is 0. The maximum atomic E-state index is 12.6. The highest BCUT2D eigenvalue weighted by Gasteiger charge is 2.38. The molecule has 0 saturated heterocycles. The van der Waals surface area contributed by atoms with Crippen molar-refractivity contribution >= 4 is 17.6 Å². The molecule has 1 amide bonds. The number of para-hydroxylation sites is 1. The Balaban J connectivity index is 2.17. The summed E-state index contributed by atoms with van der Waals surface area (Å²) in [5, 5.41) is 11.8. The number of amides is 1. The van der Waals surface area contributed by atoms with Crippen molar-refractivity contribution in [2.75, 3.05) is 11.9 Å². The number of benzene rings is 1. The summed E-state index contributed by atoms with van der Waals surface area (Å²) < 4.78 is 0. The van der Waals surface area contributed by atoms with Crippen LogP contribution in [0.15, 0.2) is 24.3 Å². The molecule has 1 aliphatic carbocycles. The van der Waals surface area contributed by atoms with Crippen LogP contribution in [0, 0.1) is 5.41 Å². The molecule has 5 heteroatoms. The van der Waals surface area contributed by atoms with Crippen molar-refractivity contribution in [1.82, 2.24) is 0 Å². The molecule has 1 saturated carbocycles. The van der Waals surface area contributed by atoms with Crippen molar-refractivity contribution in [1.29, 1.82) is 0 Å². The van der Waals surface area contributed by atoms with Gasteiger partial charge >= 0.3 is 5.97 Å². The van der Waals surface area contributed by atoms with Crippen LogP contribution in [0.5, 0.6) is 0 Å². The summed E-state index contributed by atoms with van der Waals surface area (Å²) in [5.74, 6) is -0.995. The van der Waals surface area contributed by atoms with Crippen molar-refractivity contribution in [3.8, 4) is 0 Å². The highest BCUT2D eigenvalue weighted by molar-refractivity contribution is 5.96. The van der Waals surface area contributed by atoms with Crippen molar-refractivity contribution in [3.05, 3.63) is 29.8 Å². The second-order valence-corrected chi connectivity index (χ2v) is 5.73. The molecule has 0 aromatic heterocycles. The molecule has 2 rings (SSSR count). The van der Waals surface area contributed by atoms with Crippen molar-refractivity contribution in [3.63, 3.8) is 0 Å². The van der Waals surface area contributed by atoms with Gasteiger partial charge in [0, 0.05) is 12.2 Å². The third kappa shape index (κ3) is 3.61. The predicted molar refractivity (Wildman–Crippen MR) is 81.0 cm³/mol. The van der Waals surface area contributed by atoms with Crippen LogP contribution in [-0.4, -0.2) is 23.5 Å². The van der Waals surface area contributed by atoms with E-state index in [1.165, 1.54) is 0 Å². The summed E-state index contributed by atoms with van der Waals surface area (Å²) in [5.41, 5.74) is 6.54. The van der Waals surface area contributed by atoms with Gasteiger partial charge in [-0.05, 0) is 24.5 Å². The number of carboxylic acids is 1. The van der Waals surface area contributed by atoms with E-state index >= 15 is 0 Å². The number of carboxylic acid groups (broad SMARTS) is 1. The number of carbonyl (C=O) groups excluding carboxylic acids is 1. The van der Waals surface area contributed by atoms with Crippen molar-refractivity contribution < 1.29 is 14.7 Å². The highest BCUT2D eigenvalue weighted by atomic mass is 16.4. The molecule has 0 heterocycles. The van der Waals surface area contributed by atoms with Gasteiger partial charge < -0.3 is 16.2 Å². The molecule has 0 unspecified atom stereocenters. The van der Waals surface area contributed by atoms with Gasteiger partial charge in [0.15, 0.2) is 0 Å². The lowest BCUT2D eigenvalue weighted by Crippen LogP contribution is -2.44. The van der Waals surface area contributed by atoms with Crippen molar-refractivity contribution in [2.24, 2.45) is 11.1 Å². The third-order valence-electron chi connectivity index (χ3n) is 4.29. The average Bonchev–Trinajstić information content (AvgIpc) is 2.49. The lowest BCUT2D eigenvalue weighted by atomic mass is 9.73. The van der Waals surface area contributed by atoms with E-state index in [1.54, 1.807) is 24.3 Å². The Hall–Kier alpha value is -1.88. The summed E-state index contributed by atoms with van der Waals surface area (Å²) in [6.07, 6.45) is 4.67. The minimum absolute atomic E-state index is 0.0810. The van der Waals surface area contributed by atoms with Crippen LogP contribution < -0.4 is 11.1 Å². The van der Waals surface area contributed by atoms with Gasteiger partial charge in [0.05, 0.1) is 11.8 Å². The summed E-state index contributed by atoms with van der Waals surface area (Å²) in [4.78, 5) is 23.5. The van der Waals surface area contributed by atoms with E-state index in [4.69, 9.17) is 10.8 Å². The van der Waals surface area contributed by atoms with Gasteiger partial charge in [-0.2, -0.15) is 0 Å². The zero-order valence-electron chi connectivity index (χ0n) is 12.1. The number of anilines is 1. The van der Waals surface area contributed by atoms with E-state index in [1.807, 2.05) is 0 Å². The Kier molecular flexibility index (Phi) is 4.96. The first kappa shape index (κ1) is 15.5. The molecule has 114 valence electrons. The van der Waals surface area contributed by atoms with Gasteiger partial charge in [-0.15, -0.1) is 0 Å². The molecule has 0 radical (unpaired) electrons. The fourth-order valence-corrected chi connectivity index (χ4v) is 2.97. The van der Waals surface area contributed by atoms with Gasteiger partial charge in [-0.1, -0.05) is 37.5 Å². The lowest BCUT2D eigenvalue weighted by molar-refractivity contribution is -0.136. The molecule has 1 aliphatic rings. The number of nitrogens with two attached hydrogens (primary N) is 1. The minimum Gasteiger partial charge on any atom is -0.481 e. The molecule has 21 heavy (non-hydrogen) atoms. The number of carbonyl (C=O) groups is 2. The number of hydrogen-bond donors (Lipinski definition) is 3. The number of aliphatic carboxylic acids is 1. The maximum Gasteiger partial charge on any atom is 0.307 e. The van der Waals surface area contributed by atoms with Gasteiger partial charge in [0.25, 0.3) is 0 Å². The van der Waals surface area contributed by atoms with Crippen LogP contribution >= 0.6 is 0 Å². The summed E-state index contributed by atoms with van der Waals surface area (Å²) in [7, 11) is 0. The second-order valence-electron chi connectivity index (χ2n) is 5.73. The van der Waals surface area contributed by atoms with Crippen LogP contribution in [0.3, 0.4) is 0 Å². The fraction of sp³-hybridized carbons (Fsp3) is 0.500. The first-order valence-electron chi connectivity index (χ1n) is 7.39. The van der Waals surface area contributed by atoms with E-state index in [9.17, 15) is 9.59 Å². The number of hydrogen-bond acceptors (Lipinski definition) is 3. The fourth-order valence-electron chi connectivity index (χ4n) is 2.97. The molecule has 5 nitrogen and oxygen atoms in total. The molecule has 1 fully saturated rings. The van der Waals surface area contributed by atoms with Crippen LogP contribution in [0.1, 0.15) is 37.7 Å². The largest absolute Gasteiger partial charge is 0.481 e. The van der Waals surface area contributed by atoms with E-state index in [0.717, 1.165) is 32.1 Å². The van der Waals surface area contributed by atoms with Crippen LogP contribution in [0.2, 0.25) is 0 Å². The molecule has 0 spiro atoms. The number of nitrogens with one attached hydrogen (secondary N) is 1. The number of rotatable bonds is 5. The summed E-state index contributed by atoms with van der Waals surface area (Å²) in [6, 6.07) is 7.02. The zero-order valence-corrected chi connectivity index (χ0v) is 12.1. The minimum atomic E-state index is -0.914. The Bertz CT molecular complexity index is 522. The Labute approximate surface area is 124 Å². The second kappa shape index (κ2) is 6.72. The van der Waals surface area contributed by atoms with Crippen LogP contribution in [-0.2, 0) is 16.0 Å². The normalized spacial score (nSPS) is 17.2. The van der Waals surface area contributed by atoms with Crippen LogP contribution in [0.4, 0.5) is 5.69 Å². The van der Waals surface area contributed by atoms with E-state index in [-0.39, 0.29) is 12.3 Å². The van der Waals surface area contributed by atoms with E-state index < -0.39 is 11.4 Å². The highest BCUT2D eigenvalue weighted by Crippen LogP contribution is 2.36. The van der Waals surface area contributed by atoms with E-state index in [0.29, 0.717) is 17.8 Å². The maximum absolute atomic E-state index is 12.6. The Morgan fingerprint density at radius 1 is 1.19 bits per heavy atom. The van der Waals surface area contributed by atoms with Gasteiger partial charge in [-0.3, -0.25) is 9.59 Å². The predicted octanol–water partition coefficient (Wildman–Crippen LogP) is 2.16. The van der Waals surface area contributed by atoms with Gasteiger partial charge in [0.2, 0.25) is 5.91 Å². The smallest absolute Gasteiger partial charge is 0.307 e. The first-order valence-corrected chi connectivity index (χ1v) is 7.39. The third-order valence-corrected chi connectivity index (χ3v) is 4.29. The van der Waals surface area contributed by atoms with Crippen molar-refractivity contribution in [2.45, 2.75) is 38.5 Å². The summed E-state index contributed by atoms with van der Waals surface area (Å²) in [6.45, 7) is 0.333.